The fourth-order valence-corrected chi connectivity index (χ4v) is 11.3. The van der Waals surface area contributed by atoms with Crippen molar-refractivity contribution in [1.29, 1.82) is 0 Å². The highest BCUT2D eigenvalue weighted by molar-refractivity contribution is 5.95. The minimum atomic E-state index is -0.954. The number of aromatic nitrogens is 2. The minimum absolute atomic E-state index is 0.0411. The number of rotatable bonds is 23. The molecular formula is C67H74F2N6O10. The van der Waals surface area contributed by atoms with Crippen LogP contribution in [0, 0.1) is 37.6 Å². The van der Waals surface area contributed by atoms with Gasteiger partial charge in [0.25, 0.3) is 11.8 Å². The average Bonchev–Trinajstić information content (AvgIpc) is 4.16. The molecule has 2 aliphatic rings. The first kappa shape index (κ1) is 60.8. The van der Waals surface area contributed by atoms with Gasteiger partial charge < -0.3 is 49.0 Å². The zero-order chi connectivity index (χ0) is 59.8. The summed E-state index contributed by atoms with van der Waals surface area (Å²) < 4.78 is 56.8. The Hall–Kier alpha value is -8.80. The number of carbonyl (C=O) groups excluding carboxylic acids is 3. The van der Waals surface area contributed by atoms with E-state index in [0.29, 0.717) is 58.7 Å². The normalized spacial score (nSPS) is 14.4. The zero-order valence-corrected chi connectivity index (χ0v) is 48.6. The van der Waals surface area contributed by atoms with Crippen molar-refractivity contribution in [2.45, 2.75) is 123 Å². The van der Waals surface area contributed by atoms with Gasteiger partial charge in [0.2, 0.25) is 11.9 Å². The lowest BCUT2D eigenvalue weighted by atomic mass is 9.82. The molecule has 4 N–H and O–H groups in total. The number of halogens is 2. The highest BCUT2D eigenvalue weighted by atomic mass is 19.1. The van der Waals surface area contributed by atoms with Gasteiger partial charge in [0.05, 0.1) is 31.5 Å². The number of pyridine rings is 2. The van der Waals surface area contributed by atoms with E-state index in [4.69, 9.17) is 28.2 Å². The topological polar surface area (TPSA) is 208 Å². The molecule has 2 unspecified atom stereocenters. The largest absolute Gasteiger partial charge is 0.489 e. The van der Waals surface area contributed by atoms with Gasteiger partial charge in [-0.2, -0.15) is 8.78 Å². The third-order valence-electron chi connectivity index (χ3n) is 15.9. The molecule has 18 heteroatoms. The van der Waals surface area contributed by atoms with Crippen LogP contribution in [0.2, 0.25) is 0 Å². The van der Waals surface area contributed by atoms with E-state index in [2.05, 4.69) is 39.8 Å². The summed E-state index contributed by atoms with van der Waals surface area (Å²) in [7, 11) is 1.69. The number of furan rings is 2. The standard InChI is InChI=1S/C35H40FN3O5.C32H34FN3O5/c1-4-42-32(40)17-19-39(3)35(41)26-10-12-27(13-11-26)38-33(25-8-6-5-7-9-25)34-23(2)29-21-28(14-15-30(29)44-34)43-22-24-16-18-37-31(36)20-24;1-20-26-18-25(40-19-21-13-15-34-28(33)17-21)11-12-27(26)41-31(20)30(22-5-3-2-4-6-22)36-24-9-7-23(8-10-24)32(39)35-16-14-29(37)38/h10-16,18,20-21,25,33,38H,4-9,17,19,22H2,1-3H3;7-13,15,17-18,22,30,36H,2-6,14,16,19H2,1H3,(H,35,39)(H,37,38). The average molecular weight is 1160 g/mol. The molecule has 0 saturated heterocycles. The van der Waals surface area contributed by atoms with Gasteiger partial charge in [-0.05, 0) is 179 Å². The Morgan fingerprint density at radius 2 is 1.11 bits per heavy atom. The smallest absolute Gasteiger partial charge is 0.307 e. The van der Waals surface area contributed by atoms with E-state index in [0.717, 1.165) is 81.6 Å². The van der Waals surface area contributed by atoms with Crippen molar-refractivity contribution in [3.63, 3.8) is 0 Å². The maximum Gasteiger partial charge on any atom is 0.307 e. The Kier molecular flexibility index (Phi) is 20.8. The van der Waals surface area contributed by atoms with Crippen molar-refractivity contribution >= 4 is 57.1 Å². The lowest BCUT2D eigenvalue weighted by molar-refractivity contribution is -0.143. The molecule has 2 atom stereocenters. The number of nitrogens with zero attached hydrogens (tertiary/aromatic N) is 3. The van der Waals surface area contributed by atoms with Crippen LogP contribution < -0.4 is 25.4 Å². The van der Waals surface area contributed by atoms with E-state index in [9.17, 15) is 28.0 Å². The molecule has 10 rings (SSSR count). The van der Waals surface area contributed by atoms with E-state index >= 15 is 0 Å². The first-order chi connectivity index (χ1) is 41.2. The Morgan fingerprint density at radius 1 is 0.635 bits per heavy atom. The van der Waals surface area contributed by atoms with Crippen LogP contribution in [-0.4, -0.2) is 70.5 Å². The Labute approximate surface area is 493 Å². The number of hydrogen-bond donors (Lipinski definition) is 4. The van der Waals surface area contributed by atoms with Crippen LogP contribution in [0.4, 0.5) is 20.2 Å². The first-order valence-corrected chi connectivity index (χ1v) is 29.4. The monoisotopic (exact) mass is 1160 g/mol. The molecular weight excluding hydrogens is 1090 g/mol. The number of amides is 2. The summed E-state index contributed by atoms with van der Waals surface area (Å²) in [5.74, 6) is 1.14. The minimum Gasteiger partial charge on any atom is -0.489 e. The summed E-state index contributed by atoms with van der Waals surface area (Å²) in [6.45, 7) is 7.07. The third-order valence-corrected chi connectivity index (χ3v) is 15.9. The maximum atomic E-state index is 13.5. The van der Waals surface area contributed by atoms with Gasteiger partial charge in [0.15, 0.2) is 0 Å². The number of benzene rings is 4. The van der Waals surface area contributed by atoms with Crippen molar-refractivity contribution in [3.05, 3.63) is 178 Å². The predicted octanol–water partition coefficient (Wildman–Crippen LogP) is 14.4. The number of anilines is 2. The highest BCUT2D eigenvalue weighted by Gasteiger charge is 2.32. The van der Waals surface area contributed by atoms with Crippen LogP contribution in [0.25, 0.3) is 21.9 Å². The molecule has 446 valence electrons. The second kappa shape index (κ2) is 29.1. The molecule has 85 heavy (non-hydrogen) atoms. The molecule has 0 aliphatic heterocycles. The second-order valence-electron chi connectivity index (χ2n) is 21.9. The number of carboxylic acids is 1. The highest BCUT2D eigenvalue weighted by Crippen LogP contribution is 2.43. The Balaban J connectivity index is 0.000000204. The number of ether oxygens (including phenoxy) is 3. The molecule has 0 radical (unpaired) electrons. The van der Waals surface area contributed by atoms with Gasteiger partial charge in [0, 0.05) is 76.9 Å². The van der Waals surface area contributed by atoms with E-state index in [1.54, 1.807) is 38.2 Å². The molecule has 2 fully saturated rings. The van der Waals surface area contributed by atoms with Crippen molar-refractivity contribution in [1.82, 2.24) is 20.2 Å². The molecule has 2 saturated carbocycles. The van der Waals surface area contributed by atoms with Crippen molar-refractivity contribution in [2.75, 3.05) is 37.4 Å². The predicted molar refractivity (Wildman–Crippen MR) is 321 cm³/mol. The number of aryl methyl sites for hydroxylation is 2. The summed E-state index contributed by atoms with van der Waals surface area (Å²) in [5, 5.41) is 20.8. The van der Waals surface area contributed by atoms with Crippen molar-refractivity contribution in [3.8, 4) is 11.5 Å². The summed E-state index contributed by atoms with van der Waals surface area (Å²) >= 11 is 0. The third kappa shape index (κ3) is 16.3. The molecule has 4 aromatic heterocycles. The van der Waals surface area contributed by atoms with Gasteiger partial charge in [-0.15, -0.1) is 0 Å². The van der Waals surface area contributed by atoms with Crippen LogP contribution in [0.15, 0.2) is 130 Å². The van der Waals surface area contributed by atoms with E-state index < -0.39 is 17.9 Å². The van der Waals surface area contributed by atoms with E-state index in [1.165, 1.54) is 68.0 Å². The number of carboxylic acid groups (broad SMARTS) is 1. The lowest BCUT2D eigenvalue weighted by Gasteiger charge is -2.31. The van der Waals surface area contributed by atoms with Crippen molar-refractivity contribution < 1.29 is 56.1 Å². The van der Waals surface area contributed by atoms with E-state index in [1.807, 2.05) is 72.8 Å². The molecule has 4 heterocycles. The van der Waals surface area contributed by atoms with Gasteiger partial charge in [0.1, 0.15) is 47.4 Å². The van der Waals surface area contributed by atoms with Crippen molar-refractivity contribution in [2.24, 2.45) is 11.8 Å². The Bertz CT molecular complexity index is 3560. The van der Waals surface area contributed by atoms with Crippen LogP contribution in [0.1, 0.15) is 151 Å². The van der Waals surface area contributed by atoms with Crippen LogP contribution in [-0.2, 0) is 27.5 Å². The summed E-state index contributed by atoms with van der Waals surface area (Å²) in [5.41, 5.74) is 7.86. The quantitative estimate of drug-likeness (QED) is 0.0347. The number of esters is 1. The van der Waals surface area contributed by atoms with Crippen LogP contribution in [0.5, 0.6) is 11.5 Å². The SMILES string of the molecule is CCOC(=O)CCN(C)C(=O)c1ccc(NC(c2oc3ccc(OCc4ccnc(F)c4)cc3c2C)C2CCCCC2)cc1.Cc1c(C(Nc2ccc(C(=O)NCCC(=O)O)cc2)C2CCCCC2)oc2ccc(OCc3ccnc(F)c3)cc12. The summed E-state index contributed by atoms with van der Waals surface area (Å²) in [6, 6.07) is 32.3. The number of fused-ring (bicyclic) bond motifs is 2. The first-order valence-electron chi connectivity index (χ1n) is 29.4. The fourth-order valence-electron chi connectivity index (χ4n) is 11.3. The molecule has 2 amide bonds. The van der Waals surface area contributed by atoms with Crippen LogP contribution in [0.3, 0.4) is 0 Å². The van der Waals surface area contributed by atoms with Crippen LogP contribution >= 0.6 is 0 Å². The number of hydrogen-bond acceptors (Lipinski definition) is 13. The second-order valence-corrected chi connectivity index (χ2v) is 21.9. The van der Waals surface area contributed by atoms with E-state index in [-0.39, 0.29) is 62.5 Å². The molecule has 4 aromatic carbocycles. The number of carbonyl (C=O) groups is 4. The molecule has 0 bridgehead atoms. The summed E-state index contributed by atoms with van der Waals surface area (Å²) in [6.07, 6.45) is 14.5. The molecule has 8 aromatic rings. The van der Waals surface area contributed by atoms with Gasteiger partial charge >= 0.3 is 11.9 Å². The number of nitrogens with one attached hydrogen (secondary N) is 3. The number of aliphatic carboxylic acids is 1. The zero-order valence-electron chi connectivity index (χ0n) is 48.6. The van der Waals surface area contributed by atoms with Gasteiger partial charge in [-0.25, -0.2) is 9.97 Å². The van der Waals surface area contributed by atoms with Gasteiger partial charge in [-0.3, -0.25) is 19.2 Å². The molecule has 2 aliphatic carbocycles. The maximum absolute atomic E-state index is 13.5. The Morgan fingerprint density at radius 3 is 1.55 bits per heavy atom. The molecule has 16 nitrogen and oxygen atoms in total. The van der Waals surface area contributed by atoms with Gasteiger partial charge in [-0.1, -0.05) is 38.5 Å². The lowest BCUT2D eigenvalue weighted by Crippen LogP contribution is -2.29. The summed E-state index contributed by atoms with van der Waals surface area (Å²) in [4.78, 5) is 56.4. The molecule has 0 spiro atoms. The fraction of sp³-hybridized carbons (Fsp3) is 0.373.